The van der Waals surface area contributed by atoms with Crippen molar-refractivity contribution in [1.29, 1.82) is 0 Å². The molecule has 0 saturated heterocycles. The number of para-hydroxylation sites is 1. The third kappa shape index (κ3) is 2.90. The minimum Gasteiger partial charge on any atom is -0.341 e. The number of carbonyl (C=O) groups is 1. The van der Waals surface area contributed by atoms with Gasteiger partial charge in [-0.15, -0.1) is 0 Å². The summed E-state index contributed by atoms with van der Waals surface area (Å²) in [6.45, 7) is 8.52. The summed E-state index contributed by atoms with van der Waals surface area (Å²) >= 11 is 0. The second-order valence-electron chi connectivity index (χ2n) is 5.54. The van der Waals surface area contributed by atoms with Crippen LogP contribution in [0, 0.1) is 0 Å². The Morgan fingerprint density at radius 1 is 1.15 bits per heavy atom. The van der Waals surface area contributed by atoms with E-state index in [0.29, 0.717) is 17.5 Å². The van der Waals surface area contributed by atoms with Crippen LogP contribution in [0.25, 0.3) is 0 Å². The highest BCUT2D eigenvalue weighted by Gasteiger charge is 2.17. The van der Waals surface area contributed by atoms with E-state index < -0.39 is 0 Å². The molecule has 1 heterocycles. The van der Waals surface area contributed by atoms with Crippen LogP contribution in [0.3, 0.4) is 0 Å². The number of hydrogen-bond donors (Lipinski definition) is 2. The fraction of sp³-hybridized carbons (Fsp3) is 0.375. The number of nitrogens with one attached hydrogen (secondary N) is 2. The van der Waals surface area contributed by atoms with E-state index >= 15 is 0 Å². The molecule has 1 aromatic carbocycles. The summed E-state index contributed by atoms with van der Waals surface area (Å²) in [7, 11) is 0. The van der Waals surface area contributed by atoms with Crippen molar-refractivity contribution in [3.63, 3.8) is 0 Å². The van der Waals surface area contributed by atoms with E-state index in [9.17, 15) is 4.79 Å². The molecule has 0 spiro atoms. The van der Waals surface area contributed by atoms with Gasteiger partial charge in [0.05, 0.1) is 12.5 Å². The van der Waals surface area contributed by atoms with Gasteiger partial charge in [-0.3, -0.25) is 4.79 Å². The van der Waals surface area contributed by atoms with Crippen LogP contribution in [0.5, 0.6) is 0 Å². The predicted molar refractivity (Wildman–Crippen MR) is 81.2 cm³/mol. The Morgan fingerprint density at radius 3 is 2.20 bits per heavy atom. The highest BCUT2D eigenvalue weighted by molar-refractivity contribution is 6.03. The Balaban J connectivity index is 2.40. The van der Waals surface area contributed by atoms with Crippen LogP contribution in [0.15, 0.2) is 30.7 Å². The van der Waals surface area contributed by atoms with Gasteiger partial charge in [0.15, 0.2) is 0 Å². The lowest BCUT2D eigenvalue weighted by Crippen LogP contribution is -2.16. The monoisotopic (exact) mass is 271 g/mol. The normalized spacial score (nSPS) is 11.1. The fourth-order valence-corrected chi connectivity index (χ4v) is 2.26. The third-order valence-corrected chi connectivity index (χ3v) is 3.35. The van der Waals surface area contributed by atoms with Crippen LogP contribution in [-0.4, -0.2) is 15.9 Å². The molecule has 0 saturated carbocycles. The van der Waals surface area contributed by atoms with Gasteiger partial charge in [0, 0.05) is 5.69 Å². The van der Waals surface area contributed by atoms with E-state index in [-0.39, 0.29) is 5.91 Å². The summed E-state index contributed by atoms with van der Waals surface area (Å²) in [5, 5.41) is 3.03. The first-order chi connectivity index (χ1) is 9.50. The van der Waals surface area contributed by atoms with Crippen molar-refractivity contribution in [2.75, 3.05) is 5.32 Å². The standard InChI is InChI=1S/C16H21N3O/c1-10(2)12-6-5-7-13(11(3)4)15(12)19-16(20)14-8-17-9-18-14/h5-11H,1-4H3,(H,17,18)(H,19,20). The number of imidazole rings is 1. The van der Waals surface area contributed by atoms with Gasteiger partial charge in [-0.1, -0.05) is 45.9 Å². The topological polar surface area (TPSA) is 57.8 Å². The first kappa shape index (κ1) is 14.3. The number of aromatic amines is 1. The maximum Gasteiger partial charge on any atom is 0.273 e. The van der Waals surface area contributed by atoms with E-state index in [0.717, 1.165) is 16.8 Å². The molecule has 2 N–H and O–H groups in total. The highest BCUT2D eigenvalue weighted by atomic mass is 16.1. The van der Waals surface area contributed by atoms with Crippen molar-refractivity contribution in [1.82, 2.24) is 9.97 Å². The average Bonchev–Trinajstić information content (AvgIpc) is 2.92. The number of H-pyrrole nitrogens is 1. The van der Waals surface area contributed by atoms with Gasteiger partial charge in [-0.2, -0.15) is 0 Å². The van der Waals surface area contributed by atoms with Crippen molar-refractivity contribution in [3.8, 4) is 0 Å². The van der Waals surface area contributed by atoms with Crippen molar-refractivity contribution in [2.45, 2.75) is 39.5 Å². The quantitative estimate of drug-likeness (QED) is 0.885. The summed E-state index contributed by atoms with van der Waals surface area (Å²) in [6, 6.07) is 6.19. The molecule has 4 heteroatoms. The molecule has 0 fully saturated rings. The molecule has 0 bridgehead atoms. The average molecular weight is 271 g/mol. The van der Waals surface area contributed by atoms with Gasteiger partial charge >= 0.3 is 0 Å². The number of benzene rings is 1. The lowest BCUT2D eigenvalue weighted by molar-refractivity contribution is 0.102. The number of anilines is 1. The van der Waals surface area contributed by atoms with E-state index in [4.69, 9.17) is 0 Å². The van der Waals surface area contributed by atoms with E-state index in [1.54, 1.807) is 0 Å². The maximum atomic E-state index is 12.2. The Hall–Kier alpha value is -2.10. The van der Waals surface area contributed by atoms with Crippen molar-refractivity contribution >= 4 is 11.6 Å². The van der Waals surface area contributed by atoms with E-state index in [2.05, 4.69) is 61.2 Å². The molecule has 106 valence electrons. The molecule has 0 atom stereocenters. The number of carbonyl (C=O) groups excluding carboxylic acids is 1. The predicted octanol–water partition coefficient (Wildman–Crippen LogP) is 3.91. The van der Waals surface area contributed by atoms with Crippen LogP contribution >= 0.6 is 0 Å². The second kappa shape index (κ2) is 5.90. The second-order valence-corrected chi connectivity index (χ2v) is 5.54. The smallest absolute Gasteiger partial charge is 0.273 e. The molecular formula is C16H21N3O. The maximum absolute atomic E-state index is 12.2. The number of hydrogen-bond acceptors (Lipinski definition) is 2. The summed E-state index contributed by atoms with van der Waals surface area (Å²) in [6.07, 6.45) is 3.04. The minimum atomic E-state index is -0.155. The molecule has 20 heavy (non-hydrogen) atoms. The number of nitrogens with zero attached hydrogens (tertiary/aromatic N) is 1. The SMILES string of the molecule is CC(C)c1cccc(C(C)C)c1NC(=O)c1cnc[nH]1. The Morgan fingerprint density at radius 2 is 1.75 bits per heavy atom. The molecule has 4 nitrogen and oxygen atoms in total. The third-order valence-electron chi connectivity index (χ3n) is 3.35. The molecule has 1 amide bonds. The summed E-state index contributed by atoms with van der Waals surface area (Å²) < 4.78 is 0. The zero-order valence-electron chi connectivity index (χ0n) is 12.4. The number of amides is 1. The Bertz CT molecular complexity index is 560. The van der Waals surface area contributed by atoms with Gasteiger partial charge in [0.25, 0.3) is 5.91 Å². The lowest BCUT2D eigenvalue weighted by Gasteiger charge is -2.19. The zero-order chi connectivity index (χ0) is 14.7. The van der Waals surface area contributed by atoms with Crippen LogP contribution in [0.4, 0.5) is 5.69 Å². The van der Waals surface area contributed by atoms with Gasteiger partial charge < -0.3 is 10.3 Å². The van der Waals surface area contributed by atoms with Gasteiger partial charge in [0.1, 0.15) is 5.69 Å². The van der Waals surface area contributed by atoms with Crippen LogP contribution < -0.4 is 5.32 Å². The van der Waals surface area contributed by atoms with Crippen LogP contribution in [0.1, 0.15) is 61.1 Å². The molecular weight excluding hydrogens is 250 g/mol. The largest absolute Gasteiger partial charge is 0.341 e. The summed E-state index contributed by atoms with van der Waals surface area (Å²) in [5.74, 6) is 0.550. The molecule has 2 aromatic rings. The fourth-order valence-electron chi connectivity index (χ4n) is 2.26. The summed E-state index contributed by atoms with van der Waals surface area (Å²) in [4.78, 5) is 19.0. The molecule has 0 aliphatic heterocycles. The van der Waals surface area contributed by atoms with Gasteiger partial charge in [-0.05, 0) is 23.0 Å². The Labute approximate surface area is 119 Å². The highest BCUT2D eigenvalue weighted by Crippen LogP contribution is 2.32. The Kier molecular flexibility index (Phi) is 4.23. The summed E-state index contributed by atoms with van der Waals surface area (Å²) in [5.41, 5.74) is 3.71. The van der Waals surface area contributed by atoms with E-state index in [1.165, 1.54) is 12.5 Å². The molecule has 1 aromatic heterocycles. The zero-order valence-corrected chi connectivity index (χ0v) is 12.4. The van der Waals surface area contributed by atoms with E-state index in [1.807, 2.05) is 0 Å². The lowest BCUT2D eigenvalue weighted by atomic mass is 9.92. The number of rotatable bonds is 4. The molecule has 0 aliphatic carbocycles. The first-order valence-electron chi connectivity index (χ1n) is 6.93. The van der Waals surface area contributed by atoms with Crippen LogP contribution in [-0.2, 0) is 0 Å². The van der Waals surface area contributed by atoms with Crippen molar-refractivity contribution in [2.24, 2.45) is 0 Å². The molecule has 0 unspecified atom stereocenters. The van der Waals surface area contributed by atoms with Gasteiger partial charge in [-0.25, -0.2) is 4.98 Å². The first-order valence-corrected chi connectivity index (χ1v) is 6.93. The number of aromatic nitrogens is 2. The van der Waals surface area contributed by atoms with Crippen molar-refractivity contribution < 1.29 is 4.79 Å². The van der Waals surface area contributed by atoms with Gasteiger partial charge in [0.2, 0.25) is 0 Å². The molecule has 0 radical (unpaired) electrons. The van der Waals surface area contributed by atoms with Crippen molar-refractivity contribution in [3.05, 3.63) is 47.5 Å². The van der Waals surface area contributed by atoms with Crippen LogP contribution in [0.2, 0.25) is 0 Å². The molecule has 2 rings (SSSR count). The minimum absolute atomic E-state index is 0.155. The molecule has 0 aliphatic rings.